The zero-order valence-electron chi connectivity index (χ0n) is 12.4. The summed E-state index contributed by atoms with van der Waals surface area (Å²) in [5, 5.41) is 3.30. The SMILES string of the molecule is COC(=O)c1cc(CNCCN(C)C(C)C)oc1C. The third-order valence-corrected chi connectivity index (χ3v) is 3.20. The number of hydrogen-bond donors (Lipinski definition) is 1. The minimum absolute atomic E-state index is 0.355. The van der Waals surface area contributed by atoms with Crippen molar-refractivity contribution in [3.05, 3.63) is 23.2 Å². The van der Waals surface area contributed by atoms with Gasteiger partial charge in [-0.25, -0.2) is 4.79 Å². The summed E-state index contributed by atoms with van der Waals surface area (Å²) in [5.41, 5.74) is 0.499. The summed E-state index contributed by atoms with van der Waals surface area (Å²) in [4.78, 5) is 13.7. The Hall–Kier alpha value is -1.33. The second-order valence-electron chi connectivity index (χ2n) is 4.93. The molecule has 0 unspecified atom stereocenters. The number of furan rings is 1. The molecule has 19 heavy (non-hydrogen) atoms. The van der Waals surface area contributed by atoms with Crippen molar-refractivity contribution in [2.45, 2.75) is 33.4 Å². The monoisotopic (exact) mass is 268 g/mol. The number of likely N-dealkylation sites (N-methyl/N-ethyl adjacent to an activating group) is 1. The number of methoxy groups -OCH3 is 1. The average molecular weight is 268 g/mol. The molecule has 5 heteroatoms. The molecule has 0 saturated carbocycles. The first-order chi connectivity index (χ1) is 8.95. The van der Waals surface area contributed by atoms with Crippen molar-refractivity contribution in [2.75, 3.05) is 27.2 Å². The molecule has 0 fully saturated rings. The summed E-state index contributed by atoms with van der Waals surface area (Å²) in [6.45, 7) is 8.56. The van der Waals surface area contributed by atoms with Crippen molar-refractivity contribution < 1.29 is 13.9 Å². The van der Waals surface area contributed by atoms with E-state index in [1.54, 1.807) is 13.0 Å². The summed E-state index contributed by atoms with van der Waals surface area (Å²) < 4.78 is 10.2. The molecule has 1 aromatic heterocycles. The van der Waals surface area contributed by atoms with E-state index in [4.69, 9.17) is 4.42 Å². The van der Waals surface area contributed by atoms with Crippen LogP contribution >= 0.6 is 0 Å². The zero-order valence-corrected chi connectivity index (χ0v) is 12.4. The molecule has 1 aromatic rings. The Kier molecular flexibility index (Phi) is 6.05. The van der Waals surface area contributed by atoms with Crippen LogP contribution in [0.2, 0.25) is 0 Å². The average Bonchev–Trinajstić information content (AvgIpc) is 2.74. The van der Waals surface area contributed by atoms with Crippen molar-refractivity contribution in [1.29, 1.82) is 0 Å². The molecule has 0 aliphatic carbocycles. The normalized spacial score (nSPS) is 11.3. The quantitative estimate of drug-likeness (QED) is 0.603. The maximum absolute atomic E-state index is 11.4. The maximum atomic E-state index is 11.4. The van der Waals surface area contributed by atoms with Crippen molar-refractivity contribution in [3.63, 3.8) is 0 Å². The van der Waals surface area contributed by atoms with Crippen LogP contribution in [0, 0.1) is 6.92 Å². The van der Waals surface area contributed by atoms with Crippen molar-refractivity contribution in [3.8, 4) is 0 Å². The van der Waals surface area contributed by atoms with Crippen LogP contribution in [-0.2, 0) is 11.3 Å². The first-order valence-electron chi connectivity index (χ1n) is 6.54. The van der Waals surface area contributed by atoms with Crippen molar-refractivity contribution in [1.82, 2.24) is 10.2 Å². The summed E-state index contributed by atoms with van der Waals surface area (Å²) in [5.74, 6) is 1.00. The van der Waals surface area contributed by atoms with Crippen LogP contribution in [0.15, 0.2) is 10.5 Å². The topological polar surface area (TPSA) is 54.7 Å². The Morgan fingerprint density at radius 2 is 2.21 bits per heavy atom. The van der Waals surface area contributed by atoms with E-state index in [1.807, 2.05) is 0 Å². The molecule has 0 bridgehead atoms. The van der Waals surface area contributed by atoms with Crippen molar-refractivity contribution in [2.24, 2.45) is 0 Å². The van der Waals surface area contributed by atoms with Gasteiger partial charge in [-0.3, -0.25) is 0 Å². The molecular weight excluding hydrogens is 244 g/mol. The number of esters is 1. The molecule has 5 nitrogen and oxygen atoms in total. The summed E-state index contributed by atoms with van der Waals surface area (Å²) in [7, 11) is 3.47. The van der Waals surface area contributed by atoms with Gasteiger partial charge in [-0.05, 0) is 33.9 Å². The lowest BCUT2D eigenvalue weighted by Gasteiger charge is -2.20. The van der Waals surface area contributed by atoms with Crippen LogP contribution in [0.25, 0.3) is 0 Å². The number of ether oxygens (including phenoxy) is 1. The molecule has 0 aromatic carbocycles. The van der Waals surface area contributed by atoms with Crippen molar-refractivity contribution >= 4 is 5.97 Å². The van der Waals surface area contributed by atoms with Gasteiger partial charge in [-0.2, -0.15) is 0 Å². The second kappa shape index (κ2) is 7.31. The molecule has 0 aliphatic rings. The molecule has 0 atom stereocenters. The van der Waals surface area contributed by atoms with E-state index in [0.29, 0.717) is 23.9 Å². The molecule has 0 radical (unpaired) electrons. The summed E-state index contributed by atoms with van der Waals surface area (Å²) in [6.07, 6.45) is 0. The molecule has 0 aliphatic heterocycles. The molecule has 1 heterocycles. The van der Waals surface area contributed by atoms with E-state index < -0.39 is 0 Å². The van der Waals surface area contributed by atoms with E-state index in [9.17, 15) is 4.79 Å². The number of carbonyl (C=O) groups is 1. The number of hydrogen-bond acceptors (Lipinski definition) is 5. The van der Waals surface area contributed by atoms with E-state index in [2.05, 4.69) is 35.8 Å². The number of nitrogens with one attached hydrogen (secondary N) is 1. The standard InChI is InChI=1S/C14H24N2O3/c1-10(2)16(4)7-6-15-9-12-8-13(11(3)19-12)14(17)18-5/h8,10,15H,6-7,9H2,1-5H3. The third-order valence-electron chi connectivity index (χ3n) is 3.20. The fourth-order valence-electron chi connectivity index (χ4n) is 1.67. The van der Waals surface area contributed by atoms with Crippen LogP contribution < -0.4 is 5.32 Å². The van der Waals surface area contributed by atoms with Crippen LogP contribution in [0.5, 0.6) is 0 Å². The third kappa shape index (κ3) is 4.69. The molecule has 1 N–H and O–H groups in total. The first kappa shape index (κ1) is 15.7. The van der Waals surface area contributed by atoms with Gasteiger partial charge >= 0.3 is 5.97 Å². The highest BCUT2D eigenvalue weighted by Crippen LogP contribution is 2.15. The van der Waals surface area contributed by atoms with Gasteiger partial charge in [0.2, 0.25) is 0 Å². The Labute approximate surface area is 114 Å². The molecule has 108 valence electrons. The first-order valence-corrected chi connectivity index (χ1v) is 6.54. The van der Waals surface area contributed by atoms with Gasteiger partial charge in [0.05, 0.1) is 13.7 Å². The Morgan fingerprint density at radius 3 is 2.79 bits per heavy atom. The number of rotatable bonds is 7. The number of aryl methyl sites for hydroxylation is 1. The second-order valence-corrected chi connectivity index (χ2v) is 4.93. The number of carbonyl (C=O) groups excluding carboxylic acids is 1. The van der Waals surface area contributed by atoms with Gasteiger partial charge in [-0.15, -0.1) is 0 Å². The molecular formula is C14H24N2O3. The van der Waals surface area contributed by atoms with Gasteiger partial charge in [0.25, 0.3) is 0 Å². The van der Waals surface area contributed by atoms with E-state index in [-0.39, 0.29) is 5.97 Å². The summed E-state index contributed by atoms with van der Waals surface area (Å²) >= 11 is 0. The molecule has 0 spiro atoms. The lowest BCUT2D eigenvalue weighted by molar-refractivity contribution is 0.0599. The lowest BCUT2D eigenvalue weighted by atomic mass is 10.2. The van der Waals surface area contributed by atoms with Gasteiger partial charge < -0.3 is 19.4 Å². The van der Waals surface area contributed by atoms with Crippen LogP contribution in [0.3, 0.4) is 0 Å². The highest BCUT2D eigenvalue weighted by Gasteiger charge is 2.14. The molecule has 0 amide bonds. The summed E-state index contributed by atoms with van der Waals surface area (Å²) in [6, 6.07) is 2.28. The minimum atomic E-state index is -0.355. The fraction of sp³-hybridized carbons (Fsp3) is 0.643. The minimum Gasteiger partial charge on any atom is -0.465 e. The van der Waals surface area contributed by atoms with E-state index in [1.165, 1.54) is 7.11 Å². The smallest absolute Gasteiger partial charge is 0.341 e. The van der Waals surface area contributed by atoms with Gasteiger partial charge in [-0.1, -0.05) is 0 Å². The van der Waals surface area contributed by atoms with E-state index in [0.717, 1.165) is 18.8 Å². The largest absolute Gasteiger partial charge is 0.465 e. The predicted octanol–water partition coefficient (Wildman–Crippen LogP) is 1.80. The van der Waals surface area contributed by atoms with Gasteiger partial charge in [0.1, 0.15) is 17.1 Å². The van der Waals surface area contributed by atoms with Crippen LogP contribution in [0.4, 0.5) is 0 Å². The van der Waals surface area contributed by atoms with Crippen LogP contribution in [-0.4, -0.2) is 44.2 Å². The van der Waals surface area contributed by atoms with Gasteiger partial charge in [0.15, 0.2) is 0 Å². The highest BCUT2D eigenvalue weighted by atomic mass is 16.5. The van der Waals surface area contributed by atoms with Gasteiger partial charge in [0, 0.05) is 19.1 Å². The lowest BCUT2D eigenvalue weighted by Crippen LogP contribution is -2.33. The number of nitrogens with zero attached hydrogens (tertiary/aromatic N) is 1. The fourth-order valence-corrected chi connectivity index (χ4v) is 1.67. The maximum Gasteiger partial charge on any atom is 0.341 e. The highest BCUT2D eigenvalue weighted by molar-refractivity contribution is 5.90. The zero-order chi connectivity index (χ0) is 14.4. The Morgan fingerprint density at radius 1 is 1.53 bits per heavy atom. The van der Waals surface area contributed by atoms with Crippen LogP contribution in [0.1, 0.15) is 35.7 Å². The predicted molar refractivity (Wildman–Crippen MR) is 74.3 cm³/mol. The molecule has 0 saturated heterocycles. The Balaban J connectivity index is 2.40. The Bertz CT molecular complexity index is 413. The van der Waals surface area contributed by atoms with E-state index >= 15 is 0 Å². The molecule has 1 rings (SSSR count).